The summed E-state index contributed by atoms with van der Waals surface area (Å²) in [5.74, 6) is 1.80. The number of fused-ring (bicyclic) bond motifs is 3. The van der Waals surface area contributed by atoms with E-state index >= 15 is 0 Å². The first-order valence-corrected chi connectivity index (χ1v) is 7.33. The minimum atomic E-state index is 0.860. The van der Waals surface area contributed by atoms with E-state index in [1.165, 1.54) is 16.2 Å². The van der Waals surface area contributed by atoms with Gasteiger partial charge in [0.25, 0.3) is 0 Å². The number of hydrogen-bond acceptors (Lipinski definition) is 2. The summed E-state index contributed by atoms with van der Waals surface area (Å²) >= 11 is 0. The molecule has 0 aliphatic heterocycles. The molecule has 0 bridgehead atoms. The summed E-state index contributed by atoms with van der Waals surface area (Å²) in [4.78, 5) is 0. The average Bonchev–Trinajstić information content (AvgIpc) is 2.91. The van der Waals surface area contributed by atoms with E-state index in [1.807, 2.05) is 19.1 Å². The van der Waals surface area contributed by atoms with Gasteiger partial charge in [-0.1, -0.05) is 42.5 Å². The van der Waals surface area contributed by atoms with Crippen molar-refractivity contribution in [1.82, 2.24) is 0 Å². The van der Waals surface area contributed by atoms with Gasteiger partial charge in [-0.2, -0.15) is 0 Å². The number of aryl methyl sites for hydroxylation is 1. The lowest BCUT2D eigenvalue weighted by Gasteiger charge is -2.05. The Kier molecular flexibility index (Phi) is 2.90. The highest BCUT2D eigenvalue weighted by molar-refractivity contribution is 6.13. The van der Waals surface area contributed by atoms with Crippen LogP contribution in [-0.4, -0.2) is 7.11 Å². The van der Waals surface area contributed by atoms with Crippen LogP contribution in [0.15, 0.2) is 65.1 Å². The third-order valence-corrected chi connectivity index (χ3v) is 4.13. The van der Waals surface area contributed by atoms with Crippen molar-refractivity contribution in [2.24, 2.45) is 0 Å². The lowest BCUT2D eigenvalue weighted by Crippen LogP contribution is -1.84. The van der Waals surface area contributed by atoms with Crippen LogP contribution in [0.3, 0.4) is 0 Å². The molecular weight excluding hydrogens is 272 g/mol. The molecule has 0 spiro atoms. The van der Waals surface area contributed by atoms with Crippen LogP contribution in [0.25, 0.3) is 32.9 Å². The minimum absolute atomic E-state index is 0.860. The monoisotopic (exact) mass is 288 g/mol. The number of rotatable bonds is 2. The SMILES string of the molecule is COc1ccc(-c2c(C)oc3ccc4ccccc4c23)cc1. The number of furan rings is 1. The molecule has 2 heteroatoms. The molecule has 0 unspecified atom stereocenters. The Morgan fingerprint density at radius 1 is 0.864 bits per heavy atom. The summed E-state index contributed by atoms with van der Waals surface area (Å²) < 4.78 is 11.2. The molecule has 3 aromatic carbocycles. The van der Waals surface area contributed by atoms with Gasteiger partial charge in [-0.25, -0.2) is 0 Å². The van der Waals surface area contributed by atoms with Gasteiger partial charge in [0, 0.05) is 10.9 Å². The molecule has 0 aliphatic carbocycles. The normalized spacial score (nSPS) is 11.2. The van der Waals surface area contributed by atoms with Gasteiger partial charge in [-0.15, -0.1) is 0 Å². The zero-order valence-electron chi connectivity index (χ0n) is 12.6. The highest BCUT2D eigenvalue weighted by atomic mass is 16.5. The number of benzene rings is 3. The second-order valence-electron chi connectivity index (χ2n) is 5.42. The largest absolute Gasteiger partial charge is 0.497 e. The van der Waals surface area contributed by atoms with E-state index in [2.05, 4.69) is 48.5 Å². The maximum atomic E-state index is 5.99. The third-order valence-electron chi connectivity index (χ3n) is 4.13. The average molecular weight is 288 g/mol. The lowest BCUT2D eigenvalue weighted by molar-refractivity contribution is 0.415. The second-order valence-corrected chi connectivity index (χ2v) is 5.42. The van der Waals surface area contributed by atoms with Crippen LogP contribution in [-0.2, 0) is 0 Å². The molecule has 0 fully saturated rings. The van der Waals surface area contributed by atoms with Crippen LogP contribution in [0.5, 0.6) is 5.75 Å². The van der Waals surface area contributed by atoms with Crippen molar-refractivity contribution in [2.75, 3.05) is 7.11 Å². The fourth-order valence-corrected chi connectivity index (χ4v) is 3.09. The van der Waals surface area contributed by atoms with Crippen LogP contribution in [0.2, 0.25) is 0 Å². The molecule has 0 N–H and O–H groups in total. The summed E-state index contributed by atoms with van der Waals surface area (Å²) in [6.07, 6.45) is 0. The van der Waals surface area contributed by atoms with Crippen molar-refractivity contribution in [3.8, 4) is 16.9 Å². The topological polar surface area (TPSA) is 22.4 Å². The Morgan fingerprint density at radius 2 is 1.64 bits per heavy atom. The molecule has 0 amide bonds. The predicted molar refractivity (Wildman–Crippen MR) is 90.4 cm³/mol. The molecule has 0 saturated carbocycles. The first kappa shape index (κ1) is 13.0. The Labute approximate surface area is 128 Å². The van der Waals surface area contributed by atoms with E-state index in [-0.39, 0.29) is 0 Å². The molecule has 4 rings (SSSR count). The van der Waals surface area contributed by atoms with Gasteiger partial charge in [0.2, 0.25) is 0 Å². The van der Waals surface area contributed by atoms with E-state index in [4.69, 9.17) is 9.15 Å². The second kappa shape index (κ2) is 4.92. The van der Waals surface area contributed by atoms with E-state index in [0.29, 0.717) is 0 Å². The Hall–Kier alpha value is -2.74. The molecule has 1 aromatic heterocycles. The smallest absolute Gasteiger partial charge is 0.135 e. The van der Waals surface area contributed by atoms with E-state index in [0.717, 1.165) is 28.2 Å². The molecule has 0 atom stereocenters. The van der Waals surface area contributed by atoms with Crippen LogP contribution < -0.4 is 4.74 Å². The van der Waals surface area contributed by atoms with Gasteiger partial charge in [0.1, 0.15) is 17.1 Å². The number of hydrogen-bond donors (Lipinski definition) is 0. The predicted octanol–water partition coefficient (Wildman–Crippen LogP) is 5.57. The summed E-state index contributed by atoms with van der Waals surface area (Å²) in [7, 11) is 1.68. The van der Waals surface area contributed by atoms with Crippen molar-refractivity contribution in [1.29, 1.82) is 0 Å². The van der Waals surface area contributed by atoms with Gasteiger partial charge < -0.3 is 9.15 Å². The highest BCUT2D eigenvalue weighted by Gasteiger charge is 2.15. The molecule has 22 heavy (non-hydrogen) atoms. The highest BCUT2D eigenvalue weighted by Crippen LogP contribution is 2.39. The lowest BCUT2D eigenvalue weighted by atomic mass is 9.98. The van der Waals surface area contributed by atoms with Crippen molar-refractivity contribution in [3.05, 3.63) is 66.4 Å². The van der Waals surface area contributed by atoms with Crippen LogP contribution >= 0.6 is 0 Å². The zero-order valence-corrected chi connectivity index (χ0v) is 12.6. The maximum Gasteiger partial charge on any atom is 0.135 e. The van der Waals surface area contributed by atoms with E-state index in [1.54, 1.807) is 7.11 Å². The van der Waals surface area contributed by atoms with Crippen LogP contribution in [0, 0.1) is 6.92 Å². The first-order chi connectivity index (χ1) is 10.8. The van der Waals surface area contributed by atoms with Crippen molar-refractivity contribution in [2.45, 2.75) is 6.92 Å². The molecular formula is C20H16O2. The molecule has 108 valence electrons. The van der Waals surface area contributed by atoms with E-state index < -0.39 is 0 Å². The minimum Gasteiger partial charge on any atom is -0.497 e. The van der Waals surface area contributed by atoms with Crippen molar-refractivity contribution < 1.29 is 9.15 Å². The van der Waals surface area contributed by atoms with Gasteiger partial charge in [0.05, 0.1) is 7.11 Å². The summed E-state index contributed by atoms with van der Waals surface area (Å²) in [6, 6.07) is 20.7. The quantitative estimate of drug-likeness (QED) is 0.481. The first-order valence-electron chi connectivity index (χ1n) is 7.33. The fourth-order valence-electron chi connectivity index (χ4n) is 3.09. The molecule has 2 nitrogen and oxygen atoms in total. The summed E-state index contributed by atoms with van der Waals surface area (Å²) in [5.41, 5.74) is 3.24. The van der Waals surface area contributed by atoms with E-state index in [9.17, 15) is 0 Å². The standard InChI is InChI=1S/C20H16O2/c1-13-19(15-7-10-16(21-2)11-8-15)20-17-6-4-3-5-14(17)9-12-18(20)22-13/h3-12H,1-2H3. The molecule has 0 aliphatic rings. The van der Waals surface area contributed by atoms with Gasteiger partial charge >= 0.3 is 0 Å². The Bertz CT molecular complexity index is 962. The maximum absolute atomic E-state index is 5.99. The number of methoxy groups -OCH3 is 1. The molecule has 4 aromatic rings. The van der Waals surface area contributed by atoms with Crippen molar-refractivity contribution >= 4 is 21.7 Å². The zero-order chi connectivity index (χ0) is 15.1. The van der Waals surface area contributed by atoms with Crippen molar-refractivity contribution in [3.63, 3.8) is 0 Å². The van der Waals surface area contributed by atoms with Crippen LogP contribution in [0.4, 0.5) is 0 Å². The molecule has 1 heterocycles. The fraction of sp³-hybridized carbons (Fsp3) is 0.100. The van der Waals surface area contributed by atoms with Crippen LogP contribution in [0.1, 0.15) is 5.76 Å². The molecule has 0 saturated heterocycles. The molecule has 0 radical (unpaired) electrons. The Balaban J connectivity index is 2.07. The van der Waals surface area contributed by atoms with Gasteiger partial charge in [-0.3, -0.25) is 0 Å². The number of ether oxygens (including phenoxy) is 1. The summed E-state index contributed by atoms with van der Waals surface area (Å²) in [6.45, 7) is 2.02. The summed E-state index contributed by atoms with van der Waals surface area (Å²) in [5, 5.41) is 3.63. The Morgan fingerprint density at radius 3 is 2.41 bits per heavy atom. The third kappa shape index (κ3) is 1.88. The van der Waals surface area contributed by atoms with Gasteiger partial charge in [0.15, 0.2) is 0 Å². The van der Waals surface area contributed by atoms with Gasteiger partial charge in [-0.05, 0) is 41.5 Å².